The average molecular weight is 327 g/mol. The monoisotopic (exact) mass is 327 g/mol. The first-order valence-electron chi connectivity index (χ1n) is 7.37. The summed E-state index contributed by atoms with van der Waals surface area (Å²) in [5.41, 5.74) is 1.53. The van der Waals surface area contributed by atoms with E-state index in [1.54, 1.807) is 23.9 Å². The van der Waals surface area contributed by atoms with Crippen molar-refractivity contribution in [2.75, 3.05) is 26.1 Å². The molecule has 2 amide bonds. The molecule has 0 aliphatic carbocycles. The standard InChI is InChI=1S/C16H26FN3OS/c1-12(7-8-22-4)19-16(21)18-10-13-5-6-15(17)14(9-13)11-20(2)3/h5-6,9,12H,7-8,10-11H2,1-4H3,(H2,18,19,21)/t12-/m1/s1. The van der Waals surface area contributed by atoms with Crippen molar-refractivity contribution in [2.45, 2.75) is 32.5 Å². The summed E-state index contributed by atoms with van der Waals surface area (Å²) >= 11 is 1.76. The number of halogens is 1. The number of nitrogens with zero attached hydrogens (tertiary/aromatic N) is 1. The quantitative estimate of drug-likeness (QED) is 0.772. The zero-order valence-electron chi connectivity index (χ0n) is 13.8. The minimum absolute atomic E-state index is 0.143. The second kappa shape index (κ2) is 9.69. The number of hydrogen-bond acceptors (Lipinski definition) is 3. The Bertz CT molecular complexity index is 482. The van der Waals surface area contributed by atoms with Crippen LogP contribution in [0.15, 0.2) is 18.2 Å². The molecule has 1 atom stereocenters. The molecule has 0 saturated carbocycles. The van der Waals surface area contributed by atoms with E-state index >= 15 is 0 Å². The van der Waals surface area contributed by atoms with Gasteiger partial charge in [0.1, 0.15) is 5.82 Å². The van der Waals surface area contributed by atoms with Gasteiger partial charge in [-0.1, -0.05) is 6.07 Å². The van der Waals surface area contributed by atoms with Gasteiger partial charge in [-0.15, -0.1) is 0 Å². The molecule has 0 spiro atoms. The van der Waals surface area contributed by atoms with Gasteiger partial charge in [0.05, 0.1) is 0 Å². The van der Waals surface area contributed by atoms with Gasteiger partial charge >= 0.3 is 6.03 Å². The van der Waals surface area contributed by atoms with Crippen LogP contribution in [-0.2, 0) is 13.1 Å². The van der Waals surface area contributed by atoms with E-state index < -0.39 is 0 Å². The maximum atomic E-state index is 13.7. The van der Waals surface area contributed by atoms with Crippen LogP contribution in [0.5, 0.6) is 0 Å². The van der Waals surface area contributed by atoms with Crippen LogP contribution in [0.1, 0.15) is 24.5 Å². The molecule has 124 valence electrons. The molecule has 1 aromatic carbocycles. The first-order chi connectivity index (χ1) is 10.4. The molecule has 22 heavy (non-hydrogen) atoms. The number of hydrogen-bond donors (Lipinski definition) is 2. The maximum Gasteiger partial charge on any atom is 0.315 e. The van der Waals surface area contributed by atoms with Gasteiger partial charge in [0, 0.05) is 24.7 Å². The van der Waals surface area contributed by atoms with Crippen molar-refractivity contribution in [3.05, 3.63) is 35.1 Å². The smallest absolute Gasteiger partial charge is 0.315 e. The first kappa shape index (κ1) is 18.8. The largest absolute Gasteiger partial charge is 0.336 e. The SMILES string of the molecule is CSCC[C@@H](C)NC(=O)NCc1ccc(F)c(CN(C)C)c1. The summed E-state index contributed by atoms with van der Waals surface area (Å²) in [6.45, 7) is 2.92. The van der Waals surface area contributed by atoms with Gasteiger partial charge < -0.3 is 15.5 Å². The molecule has 0 fully saturated rings. The van der Waals surface area contributed by atoms with E-state index in [1.165, 1.54) is 6.07 Å². The van der Waals surface area contributed by atoms with E-state index in [-0.39, 0.29) is 17.9 Å². The fourth-order valence-electron chi connectivity index (χ4n) is 2.02. The van der Waals surface area contributed by atoms with Gasteiger partial charge in [-0.05, 0) is 57.1 Å². The molecule has 0 heterocycles. The highest BCUT2D eigenvalue weighted by Crippen LogP contribution is 2.12. The summed E-state index contributed by atoms with van der Waals surface area (Å²) in [5, 5.41) is 5.71. The second-order valence-electron chi connectivity index (χ2n) is 5.67. The zero-order chi connectivity index (χ0) is 16.5. The lowest BCUT2D eigenvalue weighted by atomic mass is 10.1. The number of benzene rings is 1. The summed E-state index contributed by atoms with van der Waals surface area (Å²) in [6, 6.07) is 4.91. The van der Waals surface area contributed by atoms with E-state index in [2.05, 4.69) is 10.6 Å². The number of urea groups is 1. The summed E-state index contributed by atoms with van der Waals surface area (Å²) < 4.78 is 13.7. The number of nitrogens with one attached hydrogen (secondary N) is 2. The Morgan fingerprint density at radius 1 is 1.41 bits per heavy atom. The number of carbonyl (C=O) groups is 1. The first-order valence-corrected chi connectivity index (χ1v) is 8.77. The molecule has 0 unspecified atom stereocenters. The van der Waals surface area contributed by atoms with Crippen LogP contribution in [0.2, 0.25) is 0 Å². The number of carbonyl (C=O) groups excluding carboxylic acids is 1. The molecule has 1 rings (SSSR count). The van der Waals surface area contributed by atoms with Crippen LogP contribution in [0, 0.1) is 5.82 Å². The molecule has 0 saturated heterocycles. The predicted molar refractivity (Wildman–Crippen MR) is 91.6 cm³/mol. The van der Waals surface area contributed by atoms with Crippen molar-refractivity contribution in [1.82, 2.24) is 15.5 Å². The minimum atomic E-state index is -0.215. The Morgan fingerprint density at radius 3 is 2.77 bits per heavy atom. The number of amides is 2. The van der Waals surface area contributed by atoms with Gasteiger partial charge in [0.25, 0.3) is 0 Å². The van der Waals surface area contributed by atoms with E-state index in [9.17, 15) is 9.18 Å². The fourth-order valence-corrected chi connectivity index (χ4v) is 2.61. The Balaban J connectivity index is 2.48. The third-order valence-corrected chi connectivity index (χ3v) is 3.83. The maximum absolute atomic E-state index is 13.7. The van der Waals surface area contributed by atoms with Gasteiger partial charge in [-0.3, -0.25) is 0 Å². The Kier molecular flexibility index (Phi) is 8.27. The van der Waals surface area contributed by atoms with Crippen molar-refractivity contribution in [3.8, 4) is 0 Å². The predicted octanol–water partition coefficient (Wildman–Crippen LogP) is 2.83. The molecule has 4 nitrogen and oxygen atoms in total. The summed E-state index contributed by atoms with van der Waals surface area (Å²) in [7, 11) is 3.79. The lowest BCUT2D eigenvalue weighted by Crippen LogP contribution is -2.40. The minimum Gasteiger partial charge on any atom is -0.336 e. The lowest BCUT2D eigenvalue weighted by Gasteiger charge is -2.15. The fraction of sp³-hybridized carbons (Fsp3) is 0.562. The highest BCUT2D eigenvalue weighted by Gasteiger charge is 2.08. The van der Waals surface area contributed by atoms with Crippen molar-refractivity contribution >= 4 is 17.8 Å². The molecule has 2 N–H and O–H groups in total. The number of thioether (sulfide) groups is 1. The van der Waals surface area contributed by atoms with Crippen molar-refractivity contribution in [3.63, 3.8) is 0 Å². The van der Waals surface area contributed by atoms with Crippen LogP contribution in [0.3, 0.4) is 0 Å². The molecule has 1 aromatic rings. The third-order valence-electron chi connectivity index (χ3n) is 3.18. The molecule has 0 radical (unpaired) electrons. The molecule has 0 aliphatic rings. The summed E-state index contributed by atoms with van der Waals surface area (Å²) in [5.74, 6) is 0.806. The Labute approximate surface area is 136 Å². The molecular weight excluding hydrogens is 301 g/mol. The van der Waals surface area contributed by atoms with E-state index in [0.29, 0.717) is 18.7 Å². The molecule has 0 bridgehead atoms. The highest BCUT2D eigenvalue weighted by molar-refractivity contribution is 7.98. The lowest BCUT2D eigenvalue weighted by molar-refractivity contribution is 0.237. The summed E-state index contributed by atoms with van der Waals surface area (Å²) in [4.78, 5) is 13.7. The molecular formula is C16H26FN3OS. The third kappa shape index (κ3) is 7.13. The van der Waals surface area contributed by atoms with Crippen LogP contribution in [-0.4, -0.2) is 43.1 Å². The van der Waals surface area contributed by atoms with E-state index in [4.69, 9.17) is 0 Å². The van der Waals surface area contributed by atoms with Crippen molar-refractivity contribution < 1.29 is 9.18 Å². The van der Waals surface area contributed by atoms with Crippen LogP contribution in [0.25, 0.3) is 0 Å². The van der Waals surface area contributed by atoms with Crippen LogP contribution in [0.4, 0.5) is 9.18 Å². The van der Waals surface area contributed by atoms with Gasteiger partial charge in [0.2, 0.25) is 0 Å². The zero-order valence-corrected chi connectivity index (χ0v) is 14.6. The van der Waals surface area contributed by atoms with Crippen LogP contribution >= 0.6 is 11.8 Å². The van der Waals surface area contributed by atoms with Crippen molar-refractivity contribution in [2.24, 2.45) is 0 Å². The molecule has 0 aliphatic heterocycles. The van der Waals surface area contributed by atoms with Gasteiger partial charge in [-0.25, -0.2) is 9.18 Å². The van der Waals surface area contributed by atoms with Gasteiger partial charge in [0.15, 0.2) is 0 Å². The summed E-state index contributed by atoms with van der Waals surface area (Å²) in [6.07, 6.45) is 2.99. The normalized spacial score (nSPS) is 12.3. The Morgan fingerprint density at radius 2 is 2.14 bits per heavy atom. The van der Waals surface area contributed by atoms with E-state index in [0.717, 1.165) is 17.7 Å². The van der Waals surface area contributed by atoms with Crippen molar-refractivity contribution in [1.29, 1.82) is 0 Å². The topological polar surface area (TPSA) is 44.4 Å². The number of rotatable bonds is 8. The average Bonchev–Trinajstić information content (AvgIpc) is 2.45. The highest BCUT2D eigenvalue weighted by atomic mass is 32.2. The van der Waals surface area contributed by atoms with Crippen LogP contribution < -0.4 is 10.6 Å². The second-order valence-corrected chi connectivity index (χ2v) is 6.66. The molecule has 0 aromatic heterocycles. The Hall–Kier alpha value is -1.27. The van der Waals surface area contributed by atoms with E-state index in [1.807, 2.05) is 32.2 Å². The van der Waals surface area contributed by atoms with Gasteiger partial charge in [-0.2, -0.15) is 11.8 Å². The molecule has 6 heteroatoms.